The lowest BCUT2D eigenvalue weighted by Gasteiger charge is -2.37. The van der Waals surface area contributed by atoms with E-state index in [2.05, 4.69) is 4.74 Å². The summed E-state index contributed by atoms with van der Waals surface area (Å²) in [5.74, 6) is -0.561. The first-order valence-corrected chi connectivity index (χ1v) is 9.26. The van der Waals surface area contributed by atoms with Gasteiger partial charge in [0.25, 0.3) is 0 Å². The number of alkyl halides is 3. The molecule has 2 aliphatic heterocycles. The number of hydrogen-bond donors (Lipinski definition) is 0. The van der Waals surface area contributed by atoms with Crippen LogP contribution >= 0.6 is 0 Å². The van der Waals surface area contributed by atoms with Gasteiger partial charge in [0.2, 0.25) is 11.8 Å². The largest absolute Gasteiger partial charge is 0.573 e. The Morgan fingerprint density at radius 3 is 2.70 bits per heavy atom. The molecule has 0 spiro atoms. The molecule has 1 aromatic carbocycles. The van der Waals surface area contributed by atoms with Gasteiger partial charge < -0.3 is 14.5 Å². The van der Waals surface area contributed by atoms with E-state index in [9.17, 15) is 22.8 Å². The van der Waals surface area contributed by atoms with Crippen LogP contribution in [0.2, 0.25) is 0 Å². The molecule has 5 nitrogen and oxygen atoms in total. The second-order valence-electron chi connectivity index (χ2n) is 6.96. The highest BCUT2D eigenvalue weighted by Gasteiger charge is 2.34. The summed E-state index contributed by atoms with van der Waals surface area (Å²) >= 11 is 0. The minimum absolute atomic E-state index is 0.0421. The standard InChI is InChI=1S/C19H23F3N2O3/c1-2-17(25)23-9-3-6-14(12-23)18(26)24-10-4-5-13-11-15(7-8-16(13)24)27-19(20,21)22/h7-8,11,14H,2-6,9-10,12H2,1H3. The van der Waals surface area contributed by atoms with E-state index in [1.165, 1.54) is 18.2 Å². The minimum Gasteiger partial charge on any atom is -0.406 e. The SMILES string of the molecule is CCC(=O)N1CCCC(C(=O)N2CCCc3cc(OC(F)(F)F)ccc32)C1. The Hall–Kier alpha value is -2.25. The van der Waals surface area contributed by atoms with Crippen LogP contribution in [0.4, 0.5) is 18.9 Å². The molecular weight excluding hydrogens is 361 g/mol. The van der Waals surface area contributed by atoms with E-state index in [4.69, 9.17) is 0 Å². The number of hydrogen-bond acceptors (Lipinski definition) is 3. The van der Waals surface area contributed by atoms with Crippen molar-refractivity contribution in [2.24, 2.45) is 5.92 Å². The molecule has 1 unspecified atom stereocenters. The summed E-state index contributed by atoms with van der Waals surface area (Å²) in [4.78, 5) is 28.4. The molecule has 0 aromatic heterocycles. The molecule has 1 atom stereocenters. The number of piperidine rings is 1. The van der Waals surface area contributed by atoms with Crippen molar-refractivity contribution in [2.45, 2.75) is 45.4 Å². The fourth-order valence-electron chi connectivity index (χ4n) is 3.85. The van der Waals surface area contributed by atoms with Crippen molar-refractivity contribution < 1.29 is 27.5 Å². The number of benzene rings is 1. The topological polar surface area (TPSA) is 49.9 Å². The van der Waals surface area contributed by atoms with Crippen LogP contribution in [0.25, 0.3) is 0 Å². The number of nitrogens with zero attached hydrogens (tertiary/aromatic N) is 2. The van der Waals surface area contributed by atoms with Crippen LogP contribution in [-0.4, -0.2) is 42.7 Å². The van der Waals surface area contributed by atoms with E-state index in [1.807, 2.05) is 0 Å². The molecular formula is C19H23F3N2O3. The second-order valence-corrected chi connectivity index (χ2v) is 6.96. The van der Waals surface area contributed by atoms with E-state index >= 15 is 0 Å². The Morgan fingerprint density at radius 2 is 2.00 bits per heavy atom. The summed E-state index contributed by atoms with van der Waals surface area (Å²) in [5.41, 5.74) is 1.31. The van der Waals surface area contributed by atoms with Gasteiger partial charge in [-0.3, -0.25) is 9.59 Å². The summed E-state index contributed by atoms with van der Waals surface area (Å²) in [6.07, 6.45) is -1.56. The third-order valence-corrected chi connectivity index (χ3v) is 5.09. The van der Waals surface area contributed by atoms with Gasteiger partial charge in [0.05, 0.1) is 5.92 Å². The van der Waals surface area contributed by atoms with Crippen LogP contribution in [0, 0.1) is 5.92 Å². The number of amides is 2. The average molecular weight is 384 g/mol. The van der Waals surface area contributed by atoms with Crippen molar-refractivity contribution >= 4 is 17.5 Å². The van der Waals surface area contributed by atoms with Gasteiger partial charge >= 0.3 is 6.36 Å². The second kappa shape index (κ2) is 7.78. The zero-order valence-corrected chi connectivity index (χ0v) is 15.2. The maximum Gasteiger partial charge on any atom is 0.573 e. The first-order chi connectivity index (χ1) is 12.8. The molecule has 0 N–H and O–H groups in total. The molecule has 148 valence electrons. The lowest BCUT2D eigenvalue weighted by Crippen LogP contribution is -2.47. The van der Waals surface area contributed by atoms with Gasteiger partial charge in [0, 0.05) is 31.7 Å². The molecule has 8 heteroatoms. The third kappa shape index (κ3) is 4.54. The van der Waals surface area contributed by atoms with Gasteiger partial charge in [0.15, 0.2) is 0 Å². The molecule has 0 saturated carbocycles. The van der Waals surface area contributed by atoms with Crippen molar-refractivity contribution in [3.63, 3.8) is 0 Å². The molecule has 1 saturated heterocycles. The maximum absolute atomic E-state index is 13.1. The monoisotopic (exact) mass is 384 g/mol. The predicted molar refractivity (Wildman–Crippen MR) is 93.4 cm³/mol. The molecule has 1 aromatic rings. The number of anilines is 1. The predicted octanol–water partition coefficient (Wildman–Crippen LogP) is 3.51. The van der Waals surface area contributed by atoms with Crippen LogP contribution < -0.4 is 9.64 Å². The lowest BCUT2D eigenvalue weighted by atomic mass is 9.93. The van der Waals surface area contributed by atoms with E-state index in [0.717, 1.165) is 6.42 Å². The van der Waals surface area contributed by atoms with Crippen molar-refractivity contribution in [3.8, 4) is 5.75 Å². The normalized spacial score (nSPS) is 20.2. The lowest BCUT2D eigenvalue weighted by molar-refractivity contribution is -0.274. The molecule has 0 aliphatic carbocycles. The van der Waals surface area contributed by atoms with E-state index in [1.54, 1.807) is 16.7 Å². The van der Waals surface area contributed by atoms with Gasteiger partial charge in [0.1, 0.15) is 5.75 Å². The average Bonchev–Trinajstić information content (AvgIpc) is 2.65. The third-order valence-electron chi connectivity index (χ3n) is 5.09. The summed E-state index contributed by atoms with van der Waals surface area (Å²) in [6, 6.07) is 4.12. The van der Waals surface area contributed by atoms with E-state index < -0.39 is 6.36 Å². The summed E-state index contributed by atoms with van der Waals surface area (Å²) in [7, 11) is 0. The smallest absolute Gasteiger partial charge is 0.406 e. The van der Waals surface area contributed by atoms with Crippen LogP contribution in [-0.2, 0) is 16.0 Å². The number of ether oxygens (including phenoxy) is 1. The van der Waals surface area contributed by atoms with Gasteiger partial charge in [-0.25, -0.2) is 0 Å². The highest BCUT2D eigenvalue weighted by Crippen LogP contribution is 2.34. The molecule has 2 heterocycles. The van der Waals surface area contributed by atoms with Gasteiger partial charge in [-0.1, -0.05) is 6.92 Å². The maximum atomic E-state index is 13.1. The van der Waals surface area contributed by atoms with Crippen LogP contribution in [0.5, 0.6) is 5.75 Å². The molecule has 0 radical (unpaired) electrons. The molecule has 2 aliphatic rings. The van der Waals surface area contributed by atoms with E-state index in [-0.39, 0.29) is 23.5 Å². The minimum atomic E-state index is -4.74. The highest BCUT2D eigenvalue weighted by atomic mass is 19.4. The number of fused-ring (bicyclic) bond motifs is 1. The molecule has 3 rings (SSSR count). The van der Waals surface area contributed by atoms with Crippen LogP contribution in [0.15, 0.2) is 18.2 Å². The molecule has 27 heavy (non-hydrogen) atoms. The van der Waals surface area contributed by atoms with E-state index in [0.29, 0.717) is 56.6 Å². The van der Waals surface area contributed by atoms with Crippen LogP contribution in [0.1, 0.15) is 38.2 Å². The highest BCUT2D eigenvalue weighted by molar-refractivity contribution is 5.96. The van der Waals surface area contributed by atoms with Crippen LogP contribution in [0.3, 0.4) is 0 Å². The number of halogens is 3. The Balaban J connectivity index is 1.76. The summed E-state index contributed by atoms with van der Waals surface area (Å²) < 4.78 is 41.3. The summed E-state index contributed by atoms with van der Waals surface area (Å²) in [5, 5.41) is 0. The first-order valence-electron chi connectivity index (χ1n) is 9.26. The fraction of sp³-hybridized carbons (Fsp3) is 0.579. The van der Waals surface area contributed by atoms with Crippen molar-refractivity contribution in [3.05, 3.63) is 23.8 Å². The zero-order valence-electron chi connectivity index (χ0n) is 15.2. The Bertz CT molecular complexity index is 721. The number of rotatable bonds is 3. The number of aryl methyl sites for hydroxylation is 1. The van der Waals surface area contributed by atoms with Crippen molar-refractivity contribution in [2.75, 3.05) is 24.5 Å². The first kappa shape index (κ1) is 19.5. The van der Waals surface area contributed by atoms with Gasteiger partial charge in [-0.15, -0.1) is 13.2 Å². The molecule has 0 bridgehead atoms. The Labute approximate surface area is 156 Å². The van der Waals surface area contributed by atoms with Gasteiger partial charge in [-0.05, 0) is 49.4 Å². The quantitative estimate of drug-likeness (QED) is 0.801. The van der Waals surface area contributed by atoms with Crippen molar-refractivity contribution in [1.82, 2.24) is 4.90 Å². The Kier molecular flexibility index (Phi) is 5.62. The van der Waals surface area contributed by atoms with Crippen molar-refractivity contribution in [1.29, 1.82) is 0 Å². The number of carbonyl (C=O) groups excluding carboxylic acids is 2. The fourth-order valence-corrected chi connectivity index (χ4v) is 3.85. The number of likely N-dealkylation sites (tertiary alicyclic amines) is 1. The molecule has 2 amide bonds. The molecule has 1 fully saturated rings. The zero-order chi connectivity index (χ0) is 19.6. The Morgan fingerprint density at radius 1 is 1.22 bits per heavy atom. The summed E-state index contributed by atoms with van der Waals surface area (Å²) in [6.45, 7) is 3.41. The van der Waals surface area contributed by atoms with Gasteiger partial charge in [-0.2, -0.15) is 0 Å². The number of carbonyl (C=O) groups is 2.